The highest BCUT2D eigenvalue weighted by Gasteiger charge is 2.19. The second-order valence-electron chi connectivity index (χ2n) is 4.53. The molecule has 1 rings (SSSR count). The Morgan fingerprint density at radius 1 is 1.23 bits per heavy atom. The molecule has 78 valence electrons. The molecule has 1 aliphatic carbocycles. The van der Waals surface area contributed by atoms with Gasteiger partial charge in [-0.2, -0.15) is 0 Å². The van der Waals surface area contributed by atoms with Crippen LogP contribution in [0.4, 0.5) is 0 Å². The molecule has 13 heavy (non-hydrogen) atoms. The number of aliphatic hydroxyl groups excluding tert-OH is 1. The SMILES string of the molecule is CC(C)C(CO)NC1CCCCC1. The first-order chi connectivity index (χ1) is 6.24. The van der Waals surface area contributed by atoms with Gasteiger partial charge >= 0.3 is 0 Å². The Hall–Kier alpha value is -0.0800. The molecule has 1 aliphatic rings. The van der Waals surface area contributed by atoms with Crippen molar-refractivity contribution in [1.29, 1.82) is 0 Å². The minimum Gasteiger partial charge on any atom is -0.395 e. The van der Waals surface area contributed by atoms with E-state index in [9.17, 15) is 0 Å². The van der Waals surface area contributed by atoms with Gasteiger partial charge in [0.15, 0.2) is 0 Å². The molecule has 1 saturated carbocycles. The maximum Gasteiger partial charge on any atom is 0.0587 e. The molecule has 1 unspecified atom stereocenters. The van der Waals surface area contributed by atoms with Crippen LogP contribution in [-0.2, 0) is 0 Å². The van der Waals surface area contributed by atoms with Gasteiger partial charge in [0.25, 0.3) is 0 Å². The molecule has 0 aromatic rings. The molecule has 0 aliphatic heterocycles. The van der Waals surface area contributed by atoms with Crippen molar-refractivity contribution in [2.75, 3.05) is 6.61 Å². The van der Waals surface area contributed by atoms with Crippen LogP contribution < -0.4 is 5.32 Å². The monoisotopic (exact) mass is 185 g/mol. The molecule has 0 amide bonds. The van der Waals surface area contributed by atoms with E-state index in [2.05, 4.69) is 19.2 Å². The molecule has 0 aromatic heterocycles. The summed E-state index contributed by atoms with van der Waals surface area (Å²) in [5.74, 6) is 0.534. The lowest BCUT2D eigenvalue weighted by Gasteiger charge is -2.29. The molecule has 1 fully saturated rings. The summed E-state index contributed by atoms with van der Waals surface area (Å²) in [6, 6.07) is 0.955. The summed E-state index contributed by atoms with van der Waals surface area (Å²) in [7, 11) is 0. The highest BCUT2D eigenvalue weighted by Crippen LogP contribution is 2.18. The van der Waals surface area contributed by atoms with E-state index in [1.807, 2.05) is 0 Å². The van der Waals surface area contributed by atoms with Crippen LogP contribution in [0.15, 0.2) is 0 Å². The molecule has 0 radical (unpaired) electrons. The fourth-order valence-electron chi connectivity index (χ4n) is 2.03. The number of hydrogen-bond donors (Lipinski definition) is 2. The molecule has 0 saturated heterocycles. The summed E-state index contributed by atoms with van der Waals surface area (Å²) in [4.78, 5) is 0. The Kier molecular flexibility index (Phi) is 4.74. The quantitative estimate of drug-likeness (QED) is 0.701. The zero-order valence-electron chi connectivity index (χ0n) is 8.92. The van der Waals surface area contributed by atoms with Crippen LogP contribution in [0.3, 0.4) is 0 Å². The van der Waals surface area contributed by atoms with E-state index < -0.39 is 0 Å². The van der Waals surface area contributed by atoms with Crippen molar-refractivity contribution >= 4 is 0 Å². The average Bonchev–Trinajstić information content (AvgIpc) is 2.15. The highest BCUT2D eigenvalue weighted by molar-refractivity contribution is 4.78. The molecule has 0 bridgehead atoms. The fraction of sp³-hybridized carbons (Fsp3) is 1.00. The van der Waals surface area contributed by atoms with Crippen LogP contribution in [0.25, 0.3) is 0 Å². The van der Waals surface area contributed by atoms with Gasteiger partial charge in [0.05, 0.1) is 6.61 Å². The summed E-state index contributed by atoms with van der Waals surface area (Å²) in [6.07, 6.45) is 6.69. The van der Waals surface area contributed by atoms with Crippen molar-refractivity contribution in [3.05, 3.63) is 0 Å². The van der Waals surface area contributed by atoms with Crippen molar-refractivity contribution in [3.8, 4) is 0 Å². The van der Waals surface area contributed by atoms with E-state index in [4.69, 9.17) is 5.11 Å². The first-order valence-electron chi connectivity index (χ1n) is 5.61. The van der Waals surface area contributed by atoms with Crippen LogP contribution in [0, 0.1) is 5.92 Å². The minimum atomic E-state index is 0.272. The van der Waals surface area contributed by atoms with Gasteiger partial charge in [0, 0.05) is 12.1 Å². The third-order valence-corrected chi connectivity index (χ3v) is 3.06. The molecule has 0 aromatic carbocycles. The molecule has 2 heteroatoms. The number of rotatable bonds is 4. The minimum absolute atomic E-state index is 0.272. The van der Waals surface area contributed by atoms with Gasteiger partial charge in [0.2, 0.25) is 0 Å². The topological polar surface area (TPSA) is 32.3 Å². The summed E-state index contributed by atoms with van der Waals surface area (Å²) < 4.78 is 0. The maximum absolute atomic E-state index is 9.16. The third-order valence-electron chi connectivity index (χ3n) is 3.06. The number of aliphatic hydroxyl groups is 1. The van der Waals surface area contributed by atoms with Crippen LogP contribution in [-0.4, -0.2) is 23.8 Å². The van der Waals surface area contributed by atoms with E-state index in [-0.39, 0.29) is 6.61 Å². The molecule has 2 N–H and O–H groups in total. The summed E-state index contributed by atoms with van der Waals surface area (Å²) in [5.41, 5.74) is 0. The largest absolute Gasteiger partial charge is 0.395 e. The van der Waals surface area contributed by atoms with E-state index in [0.717, 1.165) is 0 Å². The number of hydrogen-bond acceptors (Lipinski definition) is 2. The first kappa shape index (κ1) is 11.0. The van der Waals surface area contributed by atoms with E-state index in [0.29, 0.717) is 18.0 Å². The predicted molar refractivity (Wildman–Crippen MR) is 55.7 cm³/mol. The Labute approximate surface area is 81.7 Å². The Morgan fingerprint density at radius 2 is 1.85 bits per heavy atom. The molecular formula is C11H23NO. The molecule has 1 atom stereocenters. The van der Waals surface area contributed by atoms with Crippen LogP contribution in [0.2, 0.25) is 0 Å². The summed E-state index contributed by atoms with van der Waals surface area (Å²) in [6.45, 7) is 4.60. The maximum atomic E-state index is 9.16. The van der Waals surface area contributed by atoms with Crippen molar-refractivity contribution in [3.63, 3.8) is 0 Å². The Balaban J connectivity index is 2.27. The highest BCUT2D eigenvalue weighted by atomic mass is 16.3. The van der Waals surface area contributed by atoms with Gasteiger partial charge in [0.1, 0.15) is 0 Å². The second-order valence-corrected chi connectivity index (χ2v) is 4.53. The molecule has 0 heterocycles. The van der Waals surface area contributed by atoms with Crippen LogP contribution in [0.5, 0.6) is 0 Å². The van der Waals surface area contributed by atoms with Gasteiger partial charge in [-0.25, -0.2) is 0 Å². The van der Waals surface area contributed by atoms with Crippen molar-refractivity contribution in [2.45, 2.75) is 58.0 Å². The summed E-state index contributed by atoms with van der Waals surface area (Å²) in [5, 5.41) is 12.7. The van der Waals surface area contributed by atoms with E-state index >= 15 is 0 Å². The lowest BCUT2D eigenvalue weighted by molar-refractivity contribution is 0.188. The van der Waals surface area contributed by atoms with Gasteiger partial charge in [-0.1, -0.05) is 33.1 Å². The summed E-state index contributed by atoms with van der Waals surface area (Å²) >= 11 is 0. The van der Waals surface area contributed by atoms with Crippen LogP contribution >= 0.6 is 0 Å². The normalized spacial score (nSPS) is 22.2. The van der Waals surface area contributed by atoms with Crippen molar-refractivity contribution in [2.24, 2.45) is 5.92 Å². The van der Waals surface area contributed by atoms with E-state index in [1.54, 1.807) is 0 Å². The van der Waals surface area contributed by atoms with Gasteiger partial charge in [-0.3, -0.25) is 0 Å². The van der Waals surface area contributed by atoms with Crippen LogP contribution in [0.1, 0.15) is 46.0 Å². The Bertz CT molecular complexity index is 130. The van der Waals surface area contributed by atoms with Crippen molar-refractivity contribution < 1.29 is 5.11 Å². The predicted octanol–water partition coefficient (Wildman–Crippen LogP) is 1.93. The molecule has 0 spiro atoms. The smallest absolute Gasteiger partial charge is 0.0587 e. The lowest BCUT2D eigenvalue weighted by Crippen LogP contribution is -2.44. The zero-order valence-corrected chi connectivity index (χ0v) is 8.92. The van der Waals surface area contributed by atoms with Gasteiger partial charge < -0.3 is 10.4 Å². The lowest BCUT2D eigenvalue weighted by atomic mass is 9.93. The Morgan fingerprint density at radius 3 is 2.31 bits per heavy atom. The average molecular weight is 185 g/mol. The molecule has 2 nitrogen and oxygen atoms in total. The second kappa shape index (κ2) is 5.61. The fourth-order valence-corrected chi connectivity index (χ4v) is 2.03. The third kappa shape index (κ3) is 3.65. The standard InChI is InChI=1S/C11H23NO/c1-9(2)11(8-13)12-10-6-4-3-5-7-10/h9-13H,3-8H2,1-2H3. The van der Waals surface area contributed by atoms with E-state index in [1.165, 1.54) is 32.1 Å². The molecular weight excluding hydrogens is 162 g/mol. The number of nitrogens with one attached hydrogen (secondary N) is 1. The zero-order chi connectivity index (χ0) is 9.68. The van der Waals surface area contributed by atoms with Crippen molar-refractivity contribution in [1.82, 2.24) is 5.32 Å². The van der Waals surface area contributed by atoms with Gasteiger partial charge in [-0.15, -0.1) is 0 Å². The first-order valence-corrected chi connectivity index (χ1v) is 5.61. The van der Waals surface area contributed by atoms with Gasteiger partial charge in [-0.05, 0) is 18.8 Å².